The fourth-order valence-electron chi connectivity index (χ4n) is 2.67. The van der Waals surface area contributed by atoms with Crippen molar-refractivity contribution in [3.8, 4) is 0 Å². The monoisotopic (exact) mass is 393 g/mol. The molecule has 27 heavy (non-hydrogen) atoms. The Bertz CT molecular complexity index is 843. The second kappa shape index (κ2) is 9.31. The normalized spacial score (nSPS) is 10.8. The summed E-state index contributed by atoms with van der Waals surface area (Å²) in [7, 11) is 0. The minimum atomic E-state index is -0.408. The van der Waals surface area contributed by atoms with E-state index in [-0.39, 0.29) is 17.3 Å². The lowest BCUT2D eigenvalue weighted by molar-refractivity contribution is -0.386. The highest BCUT2D eigenvalue weighted by Crippen LogP contribution is 2.22. The number of thioether (sulfide) groups is 1. The quantitative estimate of drug-likeness (QED) is 0.282. The highest BCUT2D eigenvalue weighted by Gasteiger charge is 2.22. The minimum Gasteiger partial charge on any atom is -0.352 e. The average Bonchev–Trinajstić information content (AvgIpc) is 3.15. The maximum atomic E-state index is 11.7. The van der Waals surface area contributed by atoms with E-state index in [0.29, 0.717) is 42.6 Å². The molecule has 2 rings (SSSR count). The summed E-state index contributed by atoms with van der Waals surface area (Å²) < 4.78 is 3.56. The average molecular weight is 393 g/mol. The van der Waals surface area contributed by atoms with Gasteiger partial charge >= 0.3 is 5.69 Å². The van der Waals surface area contributed by atoms with Gasteiger partial charge in [-0.1, -0.05) is 17.8 Å². The van der Waals surface area contributed by atoms with E-state index in [4.69, 9.17) is 0 Å². The van der Waals surface area contributed by atoms with Crippen LogP contribution in [0.3, 0.4) is 0 Å². The zero-order valence-corrected chi connectivity index (χ0v) is 16.5. The molecule has 1 N–H and O–H groups in total. The number of carbonyl (C=O) groups excluding carboxylic acids is 1. The fourth-order valence-corrected chi connectivity index (χ4v) is 3.52. The van der Waals surface area contributed by atoms with Crippen molar-refractivity contribution in [3.05, 3.63) is 40.0 Å². The Morgan fingerprint density at radius 3 is 2.74 bits per heavy atom. The molecular formula is C16H23N7O3S. The van der Waals surface area contributed by atoms with Gasteiger partial charge in [-0.2, -0.15) is 5.10 Å². The number of nitrogens with zero attached hydrogens (tertiary/aromatic N) is 6. The Morgan fingerprint density at radius 1 is 1.41 bits per heavy atom. The number of hydrogen-bond donors (Lipinski definition) is 1. The predicted octanol–water partition coefficient (Wildman–Crippen LogP) is 1.66. The number of nitro groups is 1. The lowest BCUT2D eigenvalue weighted by Crippen LogP contribution is -2.25. The lowest BCUT2D eigenvalue weighted by atomic mass is 10.3. The highest BCUT2D eigenvalue weighted by molar-refractivity contribution is 7.99. The van der Waals surface area contributed by atoms with E-state index < -0.39 is 4.92 Å². The molecule has 0 bridgehead atoms. The molecule has 0 aromatic carbocycles. The molecule has 0 aliphatic rings. The van der Waals surface area contributed by atoms with Crippen molar-refractivity contribution in [2.75, 3.05) is 12.3 Å². The van der Waals surface area contributed by atoms with Crippen molar-refractivity contribution in [1.29, 1.82) is 0 Å². The summed E-state index contributed by atoms with van der Waals surface area (Å²) in [6.45, 7) is 10.4. The van der Waals surface area contributed by atoms with Gasteiger partial charge in [0.2, 0.25) is 5.91 Å². The summed E-state index contributed by atoms with van der Waals surface area (Å²) >= 11 is 1.32. The molecule has 2 aromatic heterocycles. The van der Waals surface area contributed by atoms with E-state index in [1.54, 1.807) is 24.6 Å². The molecule has 0 saturated carbocycles. The molecule has 2 aromatic rings. The molecule has 0 aliphatic carbocycles. The van der Waals surface area contributed by atoms with Crippen molar-refractivity contribution in [2.45, 2.75) is 45.4 Å². The molecule has 1 amide bonds. The van der Waals surface area contributed by atoms with Crippen LogP contribution in [0.25, 0.3) is 0 Å². The summed E-state index contributed by atoms with van der Waals surface area (Å²) in [5, 5.41) is 27.1. The number of aryl methyl sites for hydroxylation is 3. The van der Waals surface area contributed by atoms with E-state index in [1.165, 1.54) is 11.8 Å². The number of hydrogen-bond acceptors (Lipinski definition) is 7. The zero-order valence-electron chi connectivity index (χ0n) is 15.6. The van der Waals surface area contributed by atoms with Crippen LogP contribution in [0.4, 0.5) is 5.69 Å². The van der Waals surface area contributed by atoms with E-state index >= 15 is 0 Å². The highest BCUT2D eigenvalue weighted by atomic mass is 32.2. The van der Waals surface area contributed by atoms with E-state index in [2.05, 4.69) is 27.2 Å². The SMILES string of the molecule is C=CCNC(=O)CSc1nnc(CCn2nc(C)c([N+](=O)[O-])c2C)n1CC. The molecule has 10 nitrogen and oxygen atoms in total. The molecular weight excluding hydrogens is 370 g/mol. The van der Waals surface area contributed by atoms with Crippen LogP contribution in [-0.2, 0) is 24.3 Å². The van der Waals surface area contributed by atoms with Gasteiger partial charge in [-0.05, 0) is 20.8 Å². The second-order valence-corrected chi connectivity index (χ2v) is 6.72. The van der Waals surface area contributed by atoms with Gasteiger partial charge in [-0.15, -0.1) is 16.8 Å². The van der Waals surface area contributed by atoms with Crippen LogP contribution < -0.4 is 5.32 Å². The number of carbonyl (C=O) groups is 1. The first kappa shape index (κ1) is 20.6. The fraction of sp³-hybridized carbons (Fsp3) is 0.500. The van der Waals surface area contributed by atoms with Crippen molar-refractivity contribution in [2.24, 2.45) is 0 Å². The molecule has 0 unspecified atom stereocenters. The molecule has 0 aliphatic heterocycles. The smallest absolute Gasteiger partial charge is 0.312 e. The lowest BCUT2D eigenvalue weighted by Gasteiger charge is -2.08. The standard InChI is InChI=1S/C16H23N7O3S/c1-5-8-17-14(24)10-27-16-19-18-13(21(16)6-2)7-9-22-12(4)15(23(25)26)11(3)20-22/h5H,1,6-10H2,2-4H3,(H,17,24). The summed E-state index contributed by atoms with van der Waals surface area (Å²) in [4.78, 5) is 22.4. The maximum Gasteiger partial charge on any atom is 0.312 e. The van der Waals surface area contributed by atoms with Crippen LogP contribution in [0, 0.1) is 24.0 Å². The molecule has 0 spiro atoms. The summed E-state index contributed by atoms with van der Waals surface area (Å²) in [6, 6.07) is 0. The number of rotatable bonds is 10. The second-order valence-electron chi connectivity index (χ2n) is 5.77. The van der Waals surface area contributed by atoms with Gasteiger partial charge in [0, 0.05) is 26.1 Å². The van der Waals surface area contributed by atoms with Crippen LogP contribution in [0.1, 0.15) is 24.1 Å². The van der Waals surface area contributed by atoms with E-state index in [9.17, 15) is 14.9 Å². The van der Waals surface area contributed by atoms with Gasteiger partial charge < -0.3 is 9.88 Å². The zero-order chi connectivity index (χ0) is 20.0. The Hall–Kier alpha value is -2.69. The first-order valence-corrected chi connectivity index (χ1v) is 9.48. The van der Waals surface area contributed by atoms with Crippen molar-refractivity contribution in [3.63, 3.8) is 0 Å². The summed E-state index contributed by atoms with van der Waals surface area (Å²) in [6.07, 6.45) is 2.15. The van der Waals surface area contributed by atoms with Gasteiger partial charge in [0.1, 0.15) is 17.2 Å². The number of amides is 1. The molecule has 0 atom stereocenters. The Morgan fingerprint density at radius 2 is 2.15 bits per heavy atom. The van der Waals surface area contributed by atoms with Crippen LogP contribution in [0.5, 0.6) is 0 Å². The Balaban J connectivity index is 2.05. The van der Waals surface area contributed by atoms with Crippen LogP contribution in [-0.4, -0.2) is 47.7 Å². The summed E-state index contributed by atoms with van der Waals surface area (Å²) in [5.41, 5.74) is 0.971. The largest absolute Gasteiger partial charge is 0.352 e. The Kier molecular flexibility index (Phi) is 7.11. The third-order valence-electron chi connectivity index (χ3n) is 3.96. The predicted molar refractivity (Wildman–Crippen MR) is 102 cm³/mol. The van der Waals surface area contributed by atoms with E-state index in [0.717, 1.165) is 5.82 Å². The minimum absolute atomic E-state index is 0.0498. The van der Waals surface area contributed by atoms with Gasteiger partial charge in [0.25, 0.3) is 0 Å². The first-order chi connectivity index (χ1) is 12.9. The third kappa shape index (κ3) is 4.94. The molecule has 146 valence electrons. The molecule has 0 radical (unpaired) electrons. The first-order valence-electron chi connectivity index (χ1n) is 8.49. The molecule has 11 heteroatoms. The summed E-state index contributed by atoms with van der Waals surface area (Å²) in [5.74, 6) is 0.902. The van der Waals surface area contributed by atoms with Gasteiger partial charge in [-0.25, -0.2) is 0 Å². The molecule has 0 fully saturated rings. The maximum absolute atomic E-state index is 11.7. The van der Waals surface area contributed by atoms with Crippen molar-refractivity contribution >= 4 is 23.4 Å². The van der Waals surface area contributed by atoms with Gasteiger partial charge in [0.15, 0.2) is 5.16 Å². The van der Waals surface area contributed by atoms with Crippen LogP contribution >= 0.6 is 11.8 Å². The van der Waals surface area contributed by atoms with E-state index in [1.807, 2.05) is 11.5 Å². The van der Waals surface area contributed by atoms with Gasteiger partial charge in [0.05, 0.1) is 10.7 Å². The van der Waals surface area contributed by atoms with Gasteiger partial charge in [-0.3, -0.25) is 19.6 Å². The molecule has 0 saturated heterocycles. The molecule has 2 heterocycles. The van der Waals surface area contributed by atoms with Crippen LogP contribution in [0.15, 0.2) is 17.8 Å². The Labute approximate surface area is 161 Å². The van der Waals surface area contributed by atoms with Crippen LogP contribution in [0.2, 0.25) is 0 Å². The van der Waals surface area contributed by atoms with Crippen molar-refractivity contribution < 1.29 is 9.72 Å². The van der Waals surface area contributed by atoms with Crippen molar-refractivity contribution in [1.82, 2.24) is 29.9 Å². The third-order valence-corrected chi connectivity index (χ3v) is 4.93. The topological polar surface area (TPSA) is 121 Å². The number of aromatic nitrogens is 5. The number of nitrogens with one attached hydrogen (secondary N) is 1.